The first-order chi connectivity index (χ1) is 11.9. The SMILES string of the molecule is CCCCCCc1c(O)c(OC(=O)O)c(F)c(F)c1CCCCCC. The van der Waals surface area contributed by atoms with E-state index in [-0.39, 0.29) is 11.1 Å². The van der Waals surface area contributed by atoms with E-state index in [1.54, 1.807) is 0 Å². The van der Waals surface area contributed by atoms with Crippen molar-refractivity contribution in [3.63, 3.8) is 0 Å². The number of rotatable bonds is 11. The van der Waals surface area contributed by atoms with E-state index in [9.17, 15) is 18.7 Å². The molecule has 0 amide bonds. The standard InChI is InChI=1S/C19H28F2O4/c1-3-5-7-9-11-13-14(12-10-8-6-4-2)17(22)18(25-19(23)24)16(21)15(13)20/h22H,3-12H2,1-2H3,(H,23,24). The van der Waals surface area contributed by atoms with Crippen LogP contribution in [0.3, 0.4) is 0 Å². The van der Waals surface area contributed by atoms with Gasteiger partial charge in [0.25, 0.3) is 0 Å². The number of ether oxygens (including phenoxy) is 1. The Balaban J connectivity index is 3.14. The Kier molecular flexibility index (Phi) is 9.24. The van der Waals surface area contributed by atoms with Gasteiger partial charge < -0.3 is 14.9 Å². The van der Waals surface area contributed by atoms with Gasteiger partial charge in [0.15, 0.2) is 11.6 Å². The van der Waals surface area contributed by atoms with Crippen LogP contribution in [0.1, 0.15) is 76.3 Å². The minimum atomic E-state index is -1.79. The molecule has 0 aromatic heterocycles. The molecule has 1 aromatic rings. The third kappa shape index (κ3) is 6.18. The number of carboxylic acid groups (broad SMARTS) is 1. The number of unbranched alkanes of at least 4 members (excludes halogenated alkanes) is 6. The highest BCUT2D eigenvalue weighted by molar-refractivity contribution is 5.64. The minimum absolute atomic E-state index is 0.139. The van der Waals surface area contributed by atoms with E-state index >= 15 is 0 Å². The Morgan fingerprint density at radius 1 is 0.880 bits per heavy atom. The van der Waals surface area contributed by atoms with Gasteiger partial charge in [-0.3, -0.25) is 0 Å². The van der Waals surface area contributed by atoms with Gasteiger partial charge in [-0.05, 0) is 31.2 Å². The zero-order valence-electron chi connectivity index (χ0n) is 15.0. The summed E-state index contributed by atoms with van der Waals surface area (Å²) in [4.78, 5) is 10.7. The molecule has 1 aromatic carbocycles. The van der Waals surface area contributed by atoms with Crippen molar-refractivity contribution < 1.29 is 28.5 Å². The van der Waals surface area contributed by atoms with Crippen molar-refractivity contribution in [2.24, 2.45) is 0 Å². The molecule has 2 N–H and O–H groups in total. The number of phenolic OH excluding ortho intramolecular Hbond substituents is 1. The molecular weight excluding hydrogens is 330 g/mol. The fourth-order valence-electron chi connectivity index (χ4n) is 2.92. The summed E-state index contributed by atoms with van der Waals surface area (Å²) >= 11 is 0. The lowest BCUT2D eigenvalue weighted by molar-refractivity contribution is 0.140. The summed E-state index contributed by atoms with van der Waals surface area (Å²) in [5.41, 5.74) is 0.406. The van der Waals surface area contributed by atoms with Crippen LogP contribution in [0.15, 0.2) is 0 Å². The van der Waals surface area contributed by atoms with Crippen LogP contribution in [0.5, 0.6) is 11.5 Å². The molecule has 0 bridgehead atoms. The molecule has 1 rings (SSSR count). The quantitative estimate of drug-likeness (QED) is 0.290. The summed E-state index contributed by atoms with van der Waals surface area (Å²) in [6.07, 6.45) is 6.14. The predicted octanol–water partition coefficient (Wildman–Crippen LogP) is 5.97. The molecule has 0 aliphatic rings. The Labute approximate surface area is 147 Å². The van der Waals surface area contributed by atoms with E-state index in [1.807, 2.05) is 0 Å². The first-order valence-corrected chi connectivity index (χ1v) is 9.06. The molecule has 0 heterocycles. The van der Waals surface area contributed by atoms with Crippen LogP contribution in [0, 0.1) is 11.6 Å². The van der Waals surface area contributed by atoms with Crippen molar-refractivity contribution in [2.45, 2.75) is 78.1 Å². The van der Waals surface area contributed by atoms with Crippen LogP contribution >= 0.6 is 0 Å². The fourth-order valence-corrected chi connectivity index (χ4v) is 2.92. The third-order valence-corrected chi connectivity index (χ3v) is 4.27. The number of benzene rings is 1. The Hall–Kier alpha value is -1.85. The average Bonchev–Trinajstić information content (AvgIpc) is 2.58. The van der Waals surface area contributed by atoms with Crippen molar-refractivity contribution >= 4 is 6.16 Å². The van der Waals surface area contributed by atoms with Crippen LogP contribution in [-0.4, -0.2) is 16.4 Å². The fraction of sp³-hybridized carbons (Fsp3) is 0.632. The summed E-state index contributed by atoms with van der Waals surface area (Å²) in [7, 11) is 0. The molecule has 6 heteroatoms. The summed E-state index contributed by atoms with van der Waals surface area (Å²) in [6.45, 7) is 4.12. The van der Waals surface area contributed by atoms with Crippen molar-refractivity contribution in [1.82, 2.24) is 0 Å². The van der Waals surface area contributed by atoms with Crippen molar-refractivity contribution in [3.05, 3.63) is 22.8 Å². The largest absolute Gasteiger partial charge is 0.511 e. The molecule has 0 fully saturated rings. The second-order valence-electron chi connectivity index (χ2n) is 6.25. The zero-order chi connectivity index (χ0) is 18.8. The van der Waals surface area contributed by atoms with Crippen LogP contribution in [0.4, 0.5) is 13.6 Å². The van der Waals surface area contributed by atoms with Crippen molar-refractivity contribution in [3.8, 4) is 11.5 Å². The van der Waals surface area contributed by atoms with E-state index in [1.165, 1.54) is 0 Å². The molecular formula is C19H28F2O4. The average molecular weight is 358 g/mol. The molecule has 0 spiro atoms. The number of carbonyl (C=O) groups is 1. The molecule has 4 nitrogen and oxygen atoms in total. The maximum Gasteiger partial charge on any atom is 0.511 e. The Morgan fingerprint density at radius 2 is 1.40 bits per heavy atom. The third-order valence-electron chi connectivity index (χ3n) is 4.27. The number of hydrogen-bond donors (Lipinski definition) is 2. The van der Waals surface area contributed by atoms with Gasteiger partial charge in [-0.1, -0.05) is 52.4 Å². The highest BCUT2D eigenvalue weighted by Gasteiger charge is 2.26. The van der Waals surface area contributed by atoms with E-state index in [4.69, 9.17) is 5.11 Å². The van der Waals surface area contributed by atoms with E-state index in [2.05, 4.69) is 18.6 Å². The number of phenols is 1. The molecule has 142 valence electrons. The van der Waals surface area contributed by atoms with Gasteiger partial charge in [0.2, 0.25) is 11.6 Å². The van der Waals surface area contributed by atoms with Gasteiger partial charge in [0.05, 0.1) is 0 Å². The highest BCUT2D eigenvalue weighted by Crippen LogP contribution is 2.39. The maximum absolute atomic E-state index is 14.5. The maximum atomic E-state index is 14.5. The molecule has 0 radical (unpaired) electrons. The van der Waals surface area contributed by atoms with Crippen LogP contribution in [0.25, 0.3) is 0 Å². The second kappa shape index (κ2) is 10.9. The van der Waals surface area contributed by atoms with Crippen LogP contribution < -0.4 is 4.74 Å². The molecule has 25 heavy (non-hydrogen) atoms. The monoisotopic (exact) mass is 358 g/mol. The first-order valence-electron chi connectivity index (χ1n) is 9.06. The summed E-state index contributed by atoms with van der Waals surface area (Å²) < 4.78 is 32.9. The molecule has 0 saturated heterocycles. The summed E-state index contributed by atoms with van der Waals surface area (Å²) in [5.74, 6) is -4.09. The van der Waals surface area contributed by atoms with Gasteiger partial charge in [0, 0.05) is 5.56 Å². The van der Waals surface area contributed by atoms with Gasteiger partial charge in [-0.15, -0.1) is 0 Å². The molecule has 0 unspecified atom stereocenters. The van der Waals surface area contributed by atoms with Gasteiger partial charge in [-0.2, -0.15) is 4.39 Å². The lowest BCUT2D eigenvalue weighted by atomic mass is 9.94. The Bertz CT molecular complexity index is 573. The van der Waals surface area contributed by atoms with Gasteiger partial charge in [0.1, 0.15) is 0 Å². The molecule has 0 saturated carbocycles. The second-order valence-corrected chi connectivity index (χ2v) is 6.25. The normalized spacial score (nSPS) is 10.9. The summed E-state index contributed by atoms with van der Waals surface area (Å²) in [5, 5.41) is 19.0. The summed E-state index contributed by atoms with van der Waals surface area (Å²) in [6, 6.07) is 0. The first kappa shape index (κ1) is 21.2. The lowest BCUT2D eigenvalue weighted by Crippen LogP contribution is -2.10. The van der Waals surface area contributed by atoms with Gasteiger partial charge in [-0.25, -0.2) is 9.18 Å². The zero-order valence-corrected chi connectivity index (χ0v) is 15.0. The molecule has 0 atom stereocenters. The number of halogens is 2. The van der Waals surface area contributed by atoms with Gasteiger partial charge >= 0.3 is 6.16 Å². The van der Waals surface area contributed by atoms with Crippen molar-refractivity contribution in [1.29, 1.82) is 0 Å². The smallest absolute Gasteiger partial charge is 0.504 e. The number of aromatic hydroxyl groups is 1. The Morgan fingerprint density at radius 3 is 1.88 bits per heavy atom. The number of hydrogen-bond acceptors (Lipinski definition) is 3. The van der Waals surface area contributed by atoms with Crippen LogP contribution in [-0.2, 0) is 12.8 Å². The topological polar surface area (TPSA) is 66.8 Å². The predicted molar refractivity (Wildman–Crippen MR) is 92.4 cm³/mol. The molecule has 0 aliphatic heterocycles. The van der Waals surface area contributed by atoms with E-state index < -0.39 is 29.3 Å². The van der Waals surface area contributed by atoms with Crippen molar-refractivity contribution in [2.75, 3.05) is 0 Å². The minimum Gasteiger partial charge on any atom is -0.504 e. The molecule has 0 aliphatic carbocycles. The van der Waals surface area contributed by atoms with Crippen LogP contribution in [0.2, 0.25) is 0 Å². The highest BCUT2D eigenvalue weighted by atomic mass is 19.2. The van der Waals surface area contributed by atoms with E-state index in [0.29, 0.717) is 25.7 Å². The van der Waals surface area contributed by atoms with E-state index in [0.717, 1.165) is 38.5 Å². The lowest BCUT2D eigenvalue weighted by Gasteiger charge is -2.16.